The lowest BCUT2D eigenvalue weighted by atomic mass is 9.73. The first-order valence-corrected chi connectivity index (χ1v) is 10.2. The first-order valence-electron chi connectivity index (χ1n) is 8.81. The zero-order valence-electron chi connectivity index (χ0n) is 14.6. The molecule has 4 heterocycles. The van der Waals surface area contributed by atoms with E-state index in [-0.39, 0.29) is 29.4 Å². The number of carbonyl (C=O) groups is 2. The fourth-order valence-electron chi connectivity index (χ4n) is 4.76. The summed E-state index contributed by atoms with van der Waals surface area (Å²) in [7, 11) is 0. The number of aryl methyl sites for hydroxylation is 1. The molecule has 3 saturated heterocycles. The largest absolute Gasteiger partial charge is 0.459 e. The molecule has 2 bridgehead atoms. The Kier molecular flexibility index (Phi) is 4.32. The lowest BCUT2D eigenvalue weighted by Gasteiger charge is -2.29. The molecule has 3 aliphatic heterocycles. The average Bonchev–Trinajstić information content (AvgIpc) is 3.32. The van der Waals surface area contributed by atoms with Crippen molar-refractivity contribution in [2.45, 2.75) is 31.5 Å². The molecule has 1 aromatic rings. The normalized spacial score (nSPS) is 32.9. The van der Waals surface area contributed by atoms with E-state index in [2.05, 4.69) is 5.32 Å². The Labute approximate surface area is 151 Å². The van der Waals surface area contributed by atoms with Gasteiger partial charge in [0.15, 0.2) is 5.76 Å². The number of ether oxygens (including phenoxy) is 1. The third-order valence-electron chi connectivity index (χ3n) is 5.97. The third kappa shape index (κ3) is 2.77. The third-order valence-corrected chi connectivity index (χ3v) is 6.51. The van der Waals surface area contributed by atoms with Crippen molar-refractivity contribution in [3.8, 4) is 0 Å². The molecule has 0 unspecified atom stereocenters. The van der Waals surface area contributed by atoms with Crippen LogP contribution in [0, 0.1) is 18.8 Å². The molecule has 7 heteroatoms. The van der Waals surface area contributed by atoms with Crippen LogP contribution in [0.25, 0.3) is 0 Å². The highest BCUT2D eigenvalue weighted by atomic mass is 32.2. The van der Waals surface area contributed by atoms with Crippen molar-refractivity contribution >= 4 is 23.6 Å². The molecule has 3 fully saturated rings. The molecule has 1 aromatic heterocycles. The number of likely N-dealkylation sites (tertiary alicyclic amines) is 1. The van der Waals surface area contributed by atoms with Gasteiger partial charge in [-0.3, -0.25) is 9.59 Å². The van der Waals surface area contributed by atoms with E-state index in [9.17, 15) is 9.59 Å². The smallest absolute Gasteiger partial charge is 0.287 e. The first-order chi connectivity index (χ1) is 12.0. The Balaban J connectivity index is 1.42. The number of carbonyl (C=O) groups excluding carboxylic acids is 2. The van der Waals surface area contributed by atoms with E-state index in [1.807, 2.05) is 18.1 Å². The number of thioether (sulfide) groups is 1. The second-order valence-corrected chi connectivity index (χ2v) is 8.25. The van der Waals surface area contributed by atoms with E-state index >= 15 is 0 Å². The number of rotatable bonds is 5. The SMILES string of the molecule is CSCC(=O)N1C[C@@H]2[C@H](CNC(=O)c3occc3C)[C@H]3CC[C@]2(C1)O3. The minimum atomic E-state index is -0.186. The fourth-order valence-corrected chi connectivity index (χ4v) is 5.19. The molecule has 1 spiro atoms. The number of hydrogen-bond acceptors (Lipinski definition) is 5. The maximum absolute atomic E-state index is 12.3. The summed E-state index contributed by atoms with van der Waals surface area (Å²) in [6.07, 6.45) is 5.71. The molecule has 4 rings (SSSR count). The molecule has 0 aliphatic carbocycles. The summed E-state index contributed by atoms with van der Waals surface area (Å²) in [5.41, 5.74) is 0.655. The van der Waals surface area contributed by atoms with E-state index in [4.69, 9.17) is 9.15 Å². The highest BCUT2D eigenvalue weighted by Crippen LogP contribution is 2.54. The predicted octanol–water partition coefficient (Wildman–Crippen LogP) is 1.69. The van der Waals surface area contributed by atoms with Gasteiger partial charge in [0.25, 0.3) is 5.91 Å². The molecule has 2 amide bonds. The van der Waals surface area contributed by atoms with Crippen LogP contribution in [0.4, 0.5) is 0 Å². The Morgan fingerprint density at radius 1 is 1.48 bits per heavy atom. The van der Waals surface area contributed by atoms with Crippen molar-refractivity contribution in [3.05, 3.63) is 23.7 Å². The summed E-state index contributed by atoms with van der Waals surface area (Å²) in [6, 6.07) is 1.79. The van der Waals surface area contributed by atoms with E-state index in [0.717, 1.165) is 24.9 Å². The van der Waals surface area contributed by atoms with Gasteiger partial charge in [0.05, 0.1) is 30.3 Å². The lowest BCUT2D eigenvalue weighted by Crippen LogP contribution is -2.41. The summed E-state index contributed by atoms with van der Waals surface area (Å²) in [6.45, 7) is 3.88. The molecule has 25 heavy (non-hydrogen) atoms. The zero-order chi connectivity index (χ0) is 17.6. The monoisotopic (exact) mass is 364 g/mol. The number of fused-ring (bicyclic) bond motifs is 1. The van der Waals surface area contributed by atoms with Crippen LogP contribution in [-0.2, 0) is 9.53 Å². The van der Waals surface area contributed by atoms with Gasteiger partial charge in [-0.15, -0.1) is 0 Å². The van der Waals surface area contributed by atoms with Crippen molar-refractivity contribution in [2.24, 2.45) is 11.8 Å². The van der Waals surface area contributed by atoms with Gasteiger partial charge in [-0.1, -0.05) is 0 Å². The molecule has 0 aromatic carbocycles. The number of furan rings is 1. The summed E-state index contributed by atoms with van der Waals surface area (Å²) < 4.78 is 11.6. The van der Waals surface area contributed by atoms with Crippen LogP contribution < -0.4 is 5.32 Å². The average molecular weight is 364 g/mol. The predicted molar refractivity (Wildman–Crippen MR) is 94.6 cm³/mol. The Bertz CT molecular complexity index is 690. The zero-order valence-corrected chi connectivity index (χ0v) is 15.4. The quantitative estimate of drug-likeness (QED) is 0.861. The number of nitrogens with one attached hydrogen (secondary N) is 1. The Morgan fingerprint density at radius 2 is 2.32 bits per heavy atom. The lowest BCUT2D eigenvalue weighted by molar-refractivity contribution is -0.128. The molecule has 0 saturated carbocycles. The van der Waals surface area contributed by atoms with Gasteiger partial charge in [-0.25, -0.2) is 0 Å². The van der Waals surface area contributed by atoms with E-state index in [0.29, 0.717) is 30.5 Å². The summed E-state index contributed by atoms with van der Waals surface area (Å²) >= 11 is 1.56. The van der Waals surface area contributed by atoms with Crippen LogP contribution in [0.5, 0.6) is 0 Å². The first kappa shape index (κ1) is 17.0. The number of amides is 2. The highest BCUT2D eigenvalue weighted by Gasteiger charge is 2.63. The number of hydrogen-bond donors (Lipinski definition) is 1. The van der Waals surface area contributed by atoms with Gasteiger partial charge >= 0.3 is 0 Å². The highest BCUT2D eigenvalue weighted by molar-refractivity contribution is 7.99. The topological polar surface area (TPSA) is 71.8 Å². The molecule has 1 N–H and O–H groups in total. The van der Waals surface area contributed by atoms with Gasteiger partial charge in [0.1, 0.15) is 0 Å². The minimum Gasteiger partial charge on any atom is -0.459 e. The van der Waals surface area contributed by atoms with E-state index < -0.39 is 0 Å². The summed E-state index contributed by atoms with van der Waals surface area (Å²) in [5, 5.41) is 3.01. The standard InChI is InChI=1S/C18H24N2O4S/c1-11-4-6-23-16(11)17(22)19-7-12-13-8-20(15(21)9-25-2)10-18(13)5-3-14(12)24-18/h4,6,12-14H,3,5,7-10H2,1-2H3,(H,19,22)/t12-,13+,14+,18+/m0/s1. The van der Waals surface area contributed by atoms with Crippen LogP contribution in [0.1, 0.15) is 29.0 Å². The molecule has 136 valence electrons. The van der Waals surface area contributed by atoms with Crippen LogP contribution in [0.2, 0.25) is 0 Å². The van der Waals surface area contributed by atoms with Crippen molar-refractivity contribution in [3.63, 3.8) is 0 Å². The van der Waals surface area contributed by atoms with Crippen LogP contribution >= 0.6 is 11.8 Å². The molecule has 4 atom stereocenters. The molecular formula is C18H24N2O4S. The van der Waals surface area contributed by atoms with Crippen LogP contribution in [-0.4, -0.2) is 60.1 Å². The van der Waals surface area contributed by atoms with Crippen LogP contribution in [0.15, 0.2) is 16.7 Å². The molecule has 0 radical (unpaired) electrons. The summed E-state index contributed by atoms with van der Waals surface area (Å²) in [5.74, 6) is 1.49. The number of nitrogens with zero attached hydrogens (tertiary/aromatic N) is 1. The van der Waals surface area contributed by atoms with Gasteiger partial charge in [-0.2, -0.15) is 11.8 Å². The maximum atomic E-state index is 12.3. The molecular weight excluding hydrogens is 340 g/mol. The van der Waals surface area contributed by atoms with Gasteiger partial charge in [-0.05, 0) is 32.1 Å². The molecule has 3 aliphatic rings. The Morgan fingerprint density at radius 3 is 3.04 bits per heavy atom. The second kappa shape index (κ2) is 6.36. The van der Waals surface area contributed by atoms with E-state index in [1.165, 1.54) is 6.26 Å². The second-order valence-electron chi connectivity index (χ2n) is 7.38. The van der Waals surface area contributed by atoms with Gasteiger partial charge < -0.3 is 19.4 Å². The van der Waals surface area contributed by atoms with Gasteiger partial charge in [0.2, 0.25) is 5.91 Å². The maximum Gasteiger partial charge on any atom is 0.287 e. The van der Waals surface area contributed by atoms with Crippen molar-refractivity contribution in [2.75, 3.05) is 31.6 Å². The van der Waals surface area contributed by atoms with E-state index in [1.54, 1.807) is 17.8 Å². The fraction of sp³-hybridized carbons (Fsp3) is 0.667. The minimum absolute atomic E-state index is 0.173. The molecule has 6 nitrogen and oxygen atoms in total. The summed E-state index contributed by atoms with van der Waals surface area (Å²) in [4.78, 5) is 26.6. The van der Waals surface area contributed by atoms with Crippen molar-refractivity contribution < 1.29 is 18.7 Å². The Hall–Kier alpha value is -1.47. The van der Waals surface area contributed by atoms with Crippen molar-refractivity contribution in [1.29, 1.82) is 0 Å². The van der Waals surface area contributed by atoms with Crippen molar-refractivity contribution in [1.82, 2.24) is 10.2 Å². The van der Waals surface area contributed by atoms with Gasteiger partial charge in [0, 0.05) is 30.5 Å². The van der Waals surface area contributed by atoms with Crippen LogP contribution in [0.3, 0.4) is 0 Å².